The van der Waals surface area contributed by atoms with Crippen LogP contribution in [-0.4, -0.2) is 35.8 Å². The van der Waals surface area contributed by atoms with Crippen molar-refractivity contribution < 1.29 is 9.59 Å². The molecule has 1 fully saturated rings. The predicted molar refractivity (Wildman–Crippen MR) is 81.4 cm³/mol. The zero-order valence-electron chi connectivity index (χ0n) is 12.0. The lowest BCUT2D eigenvalue weighted by Crippen LogP contribution is -2.41. The standard InChI is InChI=1S/C15H22N4O2/c16-10-11-3-5-12(6-4-11)18-14(20)7-9-19-8-1-2-13(19)15(17)21/h3-6,13H,1-2,7-10,16H2,(H2,17,21)(H,18,20). The molecule has 2 rings (SSSR count). The molecular formula is C15H22N4O2. The summed E-state index contributed by atoms with van der Waals surface area (Å²) in [6, 6.07) is 7.23. The molecule has 21 heavy (non-hydrogen) atoms. The molecule has 6 nitrogen and oxygen atoms in total. The predicted octanol–water partition coefficient (Wildman–Crippen LogP) is 0.424. The van der Waals surface area contributed by atoms with Gasteiger partial charge in [-0.3, -0.25) is 14.5 Å². The minimum Gasteiger partial charge on any atom is -0.368 e. The van der Waals surface area contributed by atoms with E-state index in [2.05, 4.69) is 5.32 Å². The number of hydrogen-bond acceptors (Lipinski definition) is 4. The molecule has 1 aliphatic heterocycles. The maximum atomic E-state index is 11.9. The largest absolute Gasteiger partial charge is 0.368 e. The number of anilines is 1. The smallest absolute Gasteiger partial charge is 0.234 e. The highest BCUT2D eigenvalue weighted by Gasteiger charge is 2.28. The second kappa shape index (κ2) is 7.19. The lowest BCUT2D eigenvalue weighted by Gasteiger charge is -2.21. The van der Waals surface area contributed by atoms with Gasteiger partial charge in [0, 0.05) is 25.2 Å². The molecule has 5 N–H and O–H groups in total. The number of nitrogens with zero attached hydrogens (tertiary/aromatic N) is 1. The molecule has 0 saturated carbocycles. The van der Waals surface area contributed by atoms with Crippen molar-refractivity contribution in [3.8, 4) is 0 Å². The molecule has 0 aromatic heterocycles. The van der Waals surface area contributed by atoms with Crippen LogP contribution < -0.4 is 16.8 Å². The summed E-state index contributed by atoms with van der Waals surface area (Å²) in [6.45, 7) is 1.87. The molecule has 0 radical (unpaired) electrons. The van der Waals surface area contributed by atoms with Crippen molar-refractivity contribution in [2.24, 2.45) is 11.5 Å². The van der Waals surface area contributed by atoms with E-state index in [1.54, 1.807) is 0 Å². The van der Waals surface area contributed by atoms with Gasteiger partial charge in [-0.2, -0.15) is 0 Å². The molecule has 1 saturated heterocycles. The zero-order valence-corrected chi connectivity index (χ0v) is 12.0. The van der Waals surface area contributed by atoms with Gasteiger partial charge in [0.05, 0.1) is 6.04 Å². The summed E-state index contributed by atoms with van der Waals surface area (Å²) < 4.78 is 0. The fourth-order valence-electron chi connectivity index (χ4n) is 2.61. The Kier molecular flexibility index (Phi) is 5.30. The lowest BCUT2D eigenvalue weighted by molar-refractivity contribution is -0.123. The maximum absolute atomic E-state index is 11.9. The lowest BCUT2D eigenvalue weighted by atomic mass is 10.2. The molecule has 1 aromatic carbocycles. The first kappa shape index (κ1) is 15.5. The molecule has 1 atom stereocenters. The zero-order chi connectivity index (χ0) is 15.2. The number of nitrogens with two attached hydrogens (primary N) is 2. The first-order chi connectivity index (χ1) is 10.1. The van der Waals surface area contributed by atoms with Crippen LogP contribution in [0, 0.1) is 0 Å². The Balaban J connectivity index is 1.80. The third kappa shape index (κ3) is 4.27. The van der Waals surface area contributed by atoms with Crippen LogP contribution in [0.1, 0.15) is 24.8 Å². The normalized spacial score (nSPS) is 18.6. The number of amides is 2. The van der Waals surface area contributed by atoms with Crippen molar-refractivity contribution in [3.05, 3.63) is 29.8 Å². The van der Waals surface area contributed by atoms with Crippen LogP contribution in [0.15, 0.2) is 24.3 Å². The highest BCUT2D eigenvalue weighted by atomic mass is 16.2. The van der Waals surface area contributed by atoms with Crippen molar-refractivity contribution >= 4 is 17.5 Å². The molecule has 6 heteroatoms. The van der Waals surface area contributed by atoms with Gasteiger partial charge in [0.25, 0.3) is 0 Å². The Labute approximate surface area is 124 Å². The second-order valence-corrected chi connectivity index (χ2v) is 5.30. The molecule has 1 aliphatic rings. The summed E-state index contributed by atoms with van der Waals surface area (Å²) in [5.41, 5.74) is 12.7. The summed E-state index contributed by atoms with van der Waals surface area (Å²) in [5, 5.41) is 2.84. The number of benzene rings is 1. The minimum atomic E-state index is -0.301. The van der Waals surface area contributed by atoms with E-state index in [0.29, 0.717) is 19.5 Å². The van der Waals surface area contributed by atoms with E-state index in [1.165, 1.54) is 0 Å². The summed E-state index contributed by atoms with van der Waals surface area (Å²) in [5.74, 6) is -0.365. The van der Waals surface area contributed by atoms with Gasteiger partial charge >= 0.3 is 0 Å². The highest BCUT2D eigenvalue weighted by Crippen LogP contribution is 2.17. The molecule has 0 spiro atoms. The number of nitrogens with one attached hydrogen (secondary N) is 1. The minimum absolute atomic E-state index is 0.0642. The number of hydrogen-bond donors (Lipinski definition) is 3. The van der Waals surface area contributed by atoms with Gasteiger partial charge in [-0.15, -0.1) is 0 Å². The van der Waals surface area contributed by atoms with E-state index in [1.807, 2.05) is 29.2 Å². The van der Waals surface area contributed by atoms with Gasteiger partial charge in [0.2, 0.25) is 11.8 Å². The Morgan fingerprint density at radius 3 is 2.62 bits per heavy atom. The van der Waals surface area contributed by atoms with Gasteiger partial charge in [-0.05, 0) is 37.1 Å². The van der Waals surface area contributed by atoms with E-state index < -0.39 is 0 Å². The van der Waals surface area contributed by atoms with Crippen LogP contribution in [0.2, 0.25) is 0 Å². The van der Waals surface area contributed by atoms with Crippen molar-refractivity contribution in [1.29, 1.82) is 0 Å². The quantitative estimate of drug-likeness (QED) is 0.707. The Morgan fingerprint density at radius 1 is 1.29 bits per heavy atom. The van der Waals surface area contributed by atoms with Crippen LogP contribution in [0.3, 0.4) is 0 Å². The van der Waals surface area contributed by atoms with Gasteiger partial charge in [-0.25, -0.2) is 0 Å². The van der Waals surface area contributed by atoms with Gasteiger partial charge < -0.3 is 16.8 Å². The molecule has 2 amide bonds. The van der Waals surface area contributed by atoms with Gasteiger partial charge in [0.1, 0.15) is 0 Å². The second-order valence-electron chi connectivity index (χ2n) is 5.30. The molecule has 114 valence electrons. The summed E-state index contributed by atoms with van der Waals surface area (Å²) in [7, 11) is 0. The average molecular weight is 290 g/mol. The monoisotopic (exact) mass is 290 g/mol. The molecule has 0 aliphatic carbocycles. The first-order valence-electron chi connectivity index (χ1n) is 7.22. The van der Waals surface area contributed by atoms with Crippen LogP contribution in [0.25, 0.3) is 0 Å². The van der Waals surface area contributed by atoms with E-state index in [4.69, 9.17) is 11.5 Å². The first-order valence-corrected chi connectivity index (χ1v) is 7.22. The van der Waals surface area contributed by atoms with Crippen LogP contribution in [0.4, 0.5) is 5.69 Å². The average Bonchev–Trinajstić information content (AvgIpc) is 2.94. The van der Waals surface area contributed by atoms with E-state index in [-0.39, 0.29) is 17.9 Å². The van der Waals surface area contributed by atoms with Crippen molar-refractivity contribution in [2.75, 3.05) is 18.4 Å². The van der Waals surface area contributed by atoms with E-state index in [0.717, 1.165) is 30.6 Å². The number of likely N-dealkylation sites (tertiary alicyclic amines) is 1. The van der Waals surface area contributed by atoms with Crippen molar-refractivity contribution in [1.82, 2.24) is 4.90 Å². The third-order valence-corrected chi connectivity index (χ3v) is 3.79. The van der Waals surface area contributed by atoms with Gasteiger partial charge in [-0.1, -0.05) is 12.1 Å². The maximum Gasteiger partial charge on any atom is 0.234 e. The number of carbonyl (C=O) groups is 2. The topological polar surface area (TPSA) is 101 Å². The summed E-state index contributed by atoms with van der Waals surface area (Å²) in [4.78, 5) is 25.2. The SMILES string of the molecule is NCc1ccc(NC(=O)CCN2CCCC2C(N)=O)cc1. The highest BCUT2D eigenvalue weighted by molar-refractivity contribution is 5.90. The van der Waals surface area contributed by atoms with Crippen LogP contribution in [-0.2, 0) is 16.1 Å². The van der Waals surface area contributed by atoms with Crippen LogP contribution >= 0.6 is 0 Å². The molecule has 1 heterocycles. The molecule has 1 unspecified atom stereocenters. The van der Waals surface area contributed by atoms with Gasteiger partial charge in [0.15, 0.2) is 0 Å². The van der Waals surface area contributed by atoms with Crippen molar-refractivity contribution in [3.63, 3.8) is 0 Å². The summed E-state index contributed by atoms with van der Waals surface area (Å²) in [6.07, 6.45) is 2.09. The van der Waals surface area contributed by atoms with Crippen molar-refractivity contribution in [2.45, 2.75) is 31.8 Å². The third-order valence-electron chi connectivity index (χ3n) is 3.79. The summed E-state index contributed by atoms with van der Waals surface area (Å²) >= 11 is 0. The molecule has 1 aromatic rings. The number of primary amides is 1. The Bertz CT molecular complexity index is 501. The van der Waals surface area contributed by atoms with E-state index >= 15 is 0 Å². The Morgan fingerprint density at radius 2 is 2.00 bits per heavy atom. The molecular weight excluding hydrogens is 268 g/mol. The van der Waals surface area contributed by atoms with E-state index in [9.17, 15) is 9.59 Å². The van der Waals surface area contributed by atoms with Crippen LogP contribution in [0.5, 0.6) is 0 Å². The fourth-order valence-corrected chi connectivity index (χ4v) is 2.61. The Hall–Kier alpha value is -1.92. The molecule has 0 bridgehead atoms. The number of carbonyl (C=O) groups excluding carboxylic acids is 2. The fraction of sp³-hybridized carbons (Fsp3) is 0.467. The number of rotatable bonds is 6.